The highest BCUT2D eigenvalue weighted by atomic mass is 16.3. The molecule has 14 heavy (non-hydrogen) atoms. The van der Waals surface area contributed by atoms with E-state index in [9.17, 15) is 5.11 Å². The molecule has 0 saturated heterocycles. The number of hydrogen-bond donors (Lipinski definition) is 1. The molecule has 1 aliphatic carbocycles. The van der Waals surface area contributed by atoms with E-state index in [-0.39, 0.29) is 6.10 Å². The standard InChI is InChI=1S/C13H26O/c1-4-5-13(14)12-8-6-11(7-9-12)10(2)3/h10-14H,4-9H2,1-3H3. The third-order valence-electron chi connectivity index (χ3n) is 3.89. The van der Waals surface area contributed by atoms with Crippen LogP contribution >= 0.6 is 0 Å². The molecule has 0 aromatic rings. The van der Waals surface area contributed by atoms with E-state index in [4.69, 9.17) is 0 Å². The maximum Gasteiger partial charge on any atom is 0.0568 e. The first-order valence-corrected chi connectivity index (χ1v) is 6.33. The monoisotopic (exact) mass is 198 g/mol. The minimum absolute atomic E-state index is 0.0203. The van der Waals surface area contributed by atoms with Crippen LogP contribution in [0.5, 0.6) is 0 Å². The summed E-state index contributed by atoms with van der Waals surface area (Å²) in [6, 6.07) is 0. The summed E-state index contributed by atoms with van der Waals surface area (Å²) in [5.41, 5.74) is 0. The van der Waals surface area contributed by atoms with Crippen molar-refractivity contribution in [2.75, 3.05) is 0 Å². The molecule has 0 bridgehead atoms. The van der Waals surface area contributed by atoms with Crippen molar-refractivity contribution >= 4 is 0 Å². The summed E-state index contributed by atoms with van der Waals surface area (Å²) >= 11 is 0. The first-order chi connectivity index (χ1) is 6.65. The molecule has 1 aliphatic rings. The highest BCUT2D eigenvalue weighted by molar-refractivity contribution is 4.78. The molecule has 1 unspecified atom stereocenters. The van der Waals surface area contributed by atoms with Crippen molar-refractivity contribution in [1.29, 1.82) is 0 Å². The lowest BCUT2D eigenvalue weighted by Gasteiger charge is -2.33. The molecule has 0 aromatic carbocycles. The Kier molecular flexibility index (Phi) is 4.94. The zero-order valence-corrected chi connectivity index (χ0v) is 10.00. The molecular formula is C13H26O. The van der Waals surface area contributed by atoms with Gasteiger partial charge in [0, 0.05) is 0 Å². The second kappa shape index (κ2) is 5.75. The van der Waals surface area contributed by atoms with E-state index in [2.05, 4.69) is 20.8 Å². The summed E-state index contributed by atoms with van der Waals surface area (Å²) in [7, 11) is 0. The third-order valence-corrected chi connectivity index (χ3v) is 3.89. The van der Waals surface area contributed by atoms with Crippen LogP contribution in [0.1, 0.15) is 59.3 Å². The summed E-state index contributed by atoms with van der Waals surface area (Å²) in [6.45, 7) is 6.81. The lowest BCUT2D eigenvalue weighted by atomic mass is 9.74. The lowest BCUT2D eigenvalue weighted by molar-refractivity contribution is 0.0603. The quantitative estimate of drug-likeness (QED) is 0.731. The van der Waals surface area contributed by atoms with Gasteiger partial charge in [0.2, 0.25) is 0 Å². The van der Waals surface area contributed by atoms with Gasteiger partial charge in [0.05, 0.1) is 6.10 Å². The van der Waals surface area contributed by atoms with Gasteiger partial charge < -0.3 is 5.11 Å². The van der Waals surface area contributed by atoms with Crippen molar-refractivity contribution < 1.29 is 5.11 Å². The fourth-order valence-electron chi connectivity index (χ4n) is 2.73. The minimum atomic E-state index is -0.0203. The number of aliphatic hydroxyl groups is 1. The Balaban J connectivity index is 2.28. The largest absolute Gasteiger partial charge is 0.393 e. The first-order valence-electron chi connectivity index (χ1n) is 6.33. The fourth-order valence-corrected chi connectivity index (χ4v) is 2.73. The predicted octanol–water partition coefficient (Wildman–Crippen LogP) is 3.61. The van der Waals surface area contributed by atoms with Gasteiger partial charge in [-0.1, -0.05) is 27.2 Å². The highest BCUT2D eigenvalue weighted by Crippen LogP contribution is 2.35. The molecule has 0 heterocycles. The molecule has 84 valence electrons. The van der Waals surface area contributed by atoms with Crippen LogP contribution < -0.4 is 0 Å². The van der Waals surface area contributed by atoms with E-state index >= 15 is 0 Å². The lowest BCUT2D eigenvalue weighted by Crippen LogP contribution is -2.27. The number of hydrogen-bond acceptors (Lipinski definition) is 1. The van der Waals surface area contributed by atoms with Crippen molar-refractivity contribution in [3.63, 3.8) is 0 Å². The Labute approximate surface area is 88.9 Å². The van der Waals surface area contributed by atoms with Crippen LogP contribution in [0.25, 0.3) is 0 Å². The SMILES string of the molecule is CCCC(O)C1CCC(C(C)C)CC1. The summed E-state index contributed by atoms with van der Waals surface area (Å²) in [5.74, 6) is 2.35. The first kappa shape index (κ1) is 12.0. The van der Waals surface area contributed by atoms with Crippen LogP contribution in [0, 0.1) is 17.8 Å². The fraction of sp³-hybridized carbons (Fsp3) is 1.00. The van der Waals surface area contributed by atoms with E-state index in [1.807, 2.05) is 0 Å². The maximum atomic E-state index is 9.90. The molecule has 0 aliphatic heterocycles. The third kappa shape index (κ3) is 3.27. The number of aliphatic hydroxyl groups excluding tert-OH is 1. The average molecular weight is 198 g/mol. The van der Waals surface area contributed by atoms with E-state index in [0.29, 0.717) is 5.92 Å². The zero-order valence-electron chi connectivity index (χ0n) is 10.00. The van der Waals surface area contributed by atoms with E-state index < -0.39 is 0 Å². The molecule has 1 fully saturated rings. The van der Waals surface area contributed by atoms with Crippen molar-refractivity contribution in [2.45, 2.75) is 65.4 Å². The smallest absolute Gasteiger partial charge is 0.0568 e. The Bertz CT molecular complexity index is 145. The molecule has 0 radical (unpaired) electrons. The Morgan fingerprint density at radius 2 is 1.57 bits per heavy atom. The second-order valence-corrected chi connectivity index (χ2v) is 5.27. The van der Waals surface area contributed by atoms with Crippen molar-refractivity contribution in [3.8, 4) is 0 Å². The summed E-state index contributed by atoms with van der Waals surface area (Å²) < 4.78 is 0. The summed E-state index contributed by atoms with van der Waals surface area (Å²) in [5, 5.41) is 9.90. The predicted molar refractivity (Wildman–Crippen MR) is 61.2 cm³/mol. The van der Waals surface area contributed by atoms with Crippen molar-refractivity contribution in [3.05, 3.63) is 0 Å². The molecule has 1 nitrogen and oxygen atoms in total. The summed E-state index contributed by atoms with van der Waals surface area (Å²) in [4.78, 5) is 0. The molecule has 1 N–H and O–H groups in total. The van der Waals surface area contributed by atoms with Crippen LogP contribution in [-0.4, -0.2) is 11.2 Å². The normalized spacial score (nSPS) is 30.6. The zero-order chi connectivity index (χ0) is 10.6. The molecule has 0 amide bonds. The van der Waals surface area contributed by atoms with Crippen LogP contribution in [0.4, 0.5) is 0 Å². The van der Waals surface area contributed by atoms with Crippen LogP contribution in [-0.2, 0) is 0 Å². The van der Waals surface area contributed by atoms with E-state index in [0.717, 1.165) is 24.7 Å². The average Bonchev–Trinajstić information content (AvgIpc) is 2.18. The van der Waals surface area contributed by atoms with Gasteiger partial charge in [-0.25, -0.2) is 0 Å². The molecule has 1 saturated carbocycles. The number of rotatable bonds is 4. The van der Waals surface area contributed by atoms with Gasteiger partial charge in [-0.2, -0.15) is 0 Å². The van der Waals surface area contributed by atoms with Gasteiger partial charge in [0.15, 0.2) is 0 Å². The van der Waals surface area contributed by atoms with Crippen molar-refractivity contribution in [2.24, 2.45) is 17.8 Å². The highest BCUT2D eigenvalue weighted by Gasteiger charge is 2.26. The van der Waals surface area contributed by atoms with Gasteiger partial charge in [0.25, 0.3) is 0 Å². The Morgan fingerprint density at radius 1 is 1.07 bits per heavy atom. The van der Waals surface area contributed by atoms with Crippen LogP contribution in [0.15, 0.2) is 0 Å². The topological polar surface area (TPSA) is 20.2 Å². The van der Waals surface area contributed by atoms with E-state index in [1.54, 1.807) is 0 Å². The molecule has 0 aromatic heterocycles. The second-order valence-electron chi connectivity index (χ2n) is 5.27. The molecule has 1 heteroatoms. The van der Waals surface area contributed by atoms with Gasteiger partial charge in [0.1, 0.15) is 0 Å². The Morgan fingerprint density at radius 3 is 2.00 bits per heavy atom. The minimum Gasteiger partial charge on any atom is -0.393 e. The van der Waals surface area contributed by atoms with Crippen LogP contribution in [0.3, 0.4) is 0 Å². The van der Waals surface area contributed by atoms with E-state index in [1.165, 1.54) is 25.7 Å². The van der Waals surface area contributed by atoms with Crippen LogP contribution in [0.2, 0.25) is 0 Å². The molecule has 1 rings (SSSR count). The van der Waals surface area contributed by atoms with Gasteiger partial charge in [-0.15, -0.1) is 0 Å². The van der Waals surface area contributed by atoms with Gasteiger partial charge >= 0.3 is 0 Å². The maximum absolute atomic E-state index is 9.90. The van der Waals surface area contributed by atoms with Gasteiger partial charge in [-0.3, -0.25) is 0 Å². The Hall–Kier alpha value is -0.0400. The molecule has 0 spiro atoms. The summed E-state index contributed by atoms with van der Waals surface area (Å²) in [6.07, 6.45) is 7.27. The molecule has 1 atom stereocenters. The van der Waals surface area contributed by atoms with Gasteiger partial charge in [-0.05, 0) is 49.9 Å². The molecular weight excluding hydrogens is 172 g/mol. The van der Waals surface area contributed by atoms with Crippen molar-refractivity contribution in [1.82, 2.24) is 0 Å².